The van der Waals surface area contributed by atoms with Gasteiger partial charge in [0.25, 0.3) is 0 Å². The lowest BCUT2D eigenvalue weighted by molar-refractivity contribution is -0.123. The number of nitrogens with two attached hydrogens (primary N) is 1. The monoisotopic (exact) mass is 540 g/mol. The van der Waals surface area contributed by atoms with Crippen molar-refractivity contribution in [2.45, 2.75) is 32.2 Å². The van der Waals surface area contributed by atoms with Crippen LogP contribution in [-0.4, -0.2) is 55.0 Å². The summed E-state index contributed by atoms with van der Waals surface area (Å²) in [4.78, 5) is 22.4. The van der Waals surface area contributed by atoms with Gasteiger partial charge in [0, 0.05) is 25.1 Å². The Morgan fingerprint density at radius 3 is 2.65 bits per heavy atom. The molecule has 1 fully saturated rings. The number of oxazole rings is 1. The predicted molar refractivity (Wildman–Crippen MR) is 133 cm³/mol. The molecule has 0 spiro atoms. The zero-order valence-electron chi connectivity index (χ0n) is 18.0. The molecule has 4 N–H and O–H groups in total. The molecule has 3 rings (SSSR count). The van der Waals surface area contributed by atoms with Gasteiger partial charge < -0.3 is 25.7 Å². The Hall–Kier alpha value is -2.14. The SMILES string of the molecule is CN=C(NCCCCN1CCC(C(N)=O)CC1)NCc1coc(-c2ccccc2)n1.I. The van der Waals surface area contributed by atoms with Crippen molar-refractivity contribution >= 4 is 35.8 Å². The average molecular weight is 540 g/mol. The molecule has 9 heteroatoms. The molecule has 1 aromatic carbocycles. The van der Waals surface area contributed by atoms with Crippen molar-refractivity contribution < 1.29 is 9.21 Å². The quantitative estimate of drug-likeness (QED) is 0.195. The van der Waals surface area contributed by atoms with E-state index in [9.17, 15) is 4.79 Å². The van der Waals surface area contributed by atoms with Crippen LogP contribution in [0.4, 0.5) is 0 Å². The Morgan fingerprint density at radius 1 is 1.23 bits per heavy atom. The number of primary amides is 1. The van der Waals surface area contributed by atoms with Crippen molar-refractivity contribution in [3.05, 3.63) is 42.3 Å². The molecule has 0 saturated carbocycles. The molecule has 8 nitrogen and oxygen atoms in total. The number of rotatable bonds is 9. The number of nitrogens with one attached hydrogen (secondary N) is 2. The summed E-state index contributed by atoms with van der Waals surface area (Å²) in [6.07, 6.45) is 5.61. The second-order valence-electron chi connectivity index (χ2n) is 7.59. The van der Waals surface area contributed by atoms with Crippen molar-refractivity contribution in [1.29, 1.82) is 0 Å². The summed E-state index contributed by atoms with van der Waals surface area (Å²) in [6, 6.07) is 9.85. The number of hydrogen-bond acceptors (Lipinski definition) is 5. The van der Waals surface area contributed by atoms with E-state index in [1.165, 1.54) is 0 Å². The summed E-state index contributed by atoms with van der Waals surface area (Å²) in [5, 5.41) is 6.61. The molecular formula is C22H33IN6O2. The van der Waals surface area contributed by atoms with Crippen LogP contribution in [-0.2, 0) is 11.3 Å². The van der Waals surface area contributed by atoms with Gasteiger partial charge in [0.2, 0.25) is 11.8 Å². The molecular weight excluding hydrogens is 507 g/mol. The highest BCUT2D eigenvalue weighted by molar-refractivity contribution is 14.0. The average Bonchev–Trinajstić information content (AvgIpc) is 3.25. The van der Waals surface area contributed by atoms with Crippen molar-refractivity contribution in [1.82, 2.24) is 20.5 Å². The molecule has 31 heavy (non-hydrogen) atoms. The van der Waals surface area contributed by atoms with E-state index in [1.54, 1.807) is 13.3 Å². The fraction of sp³-hybridized carbons (Fsp3) is 0.500. The van der Waals surface area contributed by atoms with Crippen LogP contribution in [0.2, 0.25) is 0 Å². The van der Waals surface area contributed by atoms with Gasteiger partial charge in [-0.25, -0.2) is 4.98 Å². The third-order valence-corrected chi connectivity index (χ3v) is 5.42. The van der Waals surface area contributed by atoms with E-state index < -0.39 is 0 Å². The number of carbonyl (C=O) groups is 1. The topological polar surface area (TPSA) is 109 Å². The molecule has 0 bridgehead atoms. The first-order valence-electron chi connectivity index (χ1n) is 10.6. The number of hydrogen-bond donors (Lipinski definition) is 3. The highest BCUT2D eigenvalue weighted by atomic mass is 127. The normalized spacial score (nSPS) is 15.3. The fourth-order valence-electron chi connectivity index (χ4n) is 3.60. The Labute approximate surface area is 201 Å². The molecule has 2 heterocycles. The summed E-state index contributed by atoms with van der Waals surface area (Å²) in [7, 11) is 1.76. The van der Waals surface area contributed by atoms with Gasteiger partial charge in [-0.05, 0) is 57.5 Å². The molecule has 2 aromatic rings. The number of benzene rings is 1. The van der Waals surface area contributed by atoms with E-state index >= 15 is 0 Å². The summed E-state index contributed by atoms with van der Waals surface area (Å²) < 4.78 is 5.57. The van der Waals surface area contributed by atoms with Crippen LogP contribution in [0.15, 0.2) is 46.0 Å². The van der Waals surface area contributed by atoms with Crippen LogP contribution in [0.5, 0.6) is 0 Å². The molecule has 1 aliphatic rings. The van der Waals surface area contributed by atoms with Gasteiger partial charge >= 0.3 is 0 Å². The van der Waals surface area contributed by atoms with Crippen LogP contribution in [0.3, 0.4) is 0 Å². The maximum atomic E-state index is 11.2. The number of nitrogens with zero attached hydrogens (tertiary/aromatic N) is 3. The Morgan fingerprint density at radius 2 is 1.97 bits per heavy atom. The van der Waals surface area contributed by atoms with E-state index in [1.807, 2.05) is 30.3 Å². The molecule has 0 aliphatic carbocycles. The predicted octanol–water partition coefficient (Wildman–Crippen LogP) is 2.60. The molecule has 1 aliphatic heterocycles. The zero-order chi connectivity index (χ0) is 21.2. The lowest BCUT2D eigenvalue weighted by Crippen LogP contribution is -2.39. The van der Waals surface area contributed by atoms with E-state index in [2.05, 4.69) is 25.5 Å². The number of amides is 1. The molecule has 0 unspecified atom stereocenters. The fourth-order valence-corrected chi connectivity index (χ4v) is 3.60. The minimum Gasteiger partial charge on any atom is -0.444 e. The second-order valence-corrected chi connectivity index (χ2v) is 7.59. The number of unbranched alkanes of at least 4 members (excludes halogenated alkanes) is 1. The maximum Gasteiger partial charge on any atom is 0.226 e. The number of piperidine rings is 1. The van der Waals surface area contributed by atoms with E-state index in [-0.39, 0.29) is 35.8 Å². The number of aliphatic imine (C=N–C) groups is 1. The van der Waals surface area contributed by atoms with Crippen LogP contribution >= 0.6 is 24.0 Å². The number of aromatic nitrogens is 1. The highest BCUT2D eigenvalue weighted by Gasteiger charge is 2.22. The second kappa shape index (κ2) is 13.3. The van der Waals surface area contributed by atoms with Crippen molar-refractivity contribution in [2.24, 2.45) is 16.6 Å². The summed E-state index contributed by atoms with van der Waals surface area (Å²) in [5.41, 5.74) is 7.18. The van der Waals surface area contributed by atoms with E-state index in [0.717, 1.165) is 69.1 Å². The number of guanidine groups is 1. The maximum absolute atomic E-state index is 11.2. The van der Waals surface area contributed by atoms with Gasteiger partial charge in [-0.2, -0.15) is 0 Å². The van der Waals surface area contributed by atoms with E-state index in [4.69, 9.17) is 10.2 Å². The minimum absolute atomic E-state index is 0. The third-order valence-electron chi connectivity index (χ3n) is 5.42. The summed E-state index contributed by atoms with van der Waals surface area (Å²) >= 11 is 0. The highest BCUT2D eigenvalue weighted by Crippen LogP contribution is 2.18. The largest absolute Gasteiger partial charge is 0.444 e. The van der Waals surface area contributed by atoms with Gasteiger partial charge in [-0.15, -0.1) is 24.0 Å². The lowest BCUT2D eigenvalue weighted by atomic mass is 9.96. The van der Waals surface area contributed by atoms with E-state index in [0.29, 0.717) is 12.4 Å². The van der Waals surface area contributed by atoms with Crippen LogP contribution in [0, 0.1) is 5.92 Å². The number of likely N-dealkylation sites (tertiary alicyclic amines) is 1. The minimum atomic E-state index is -0.153. The van der Waals surface area contributed by atoms with Crippen LogP contribution in [0.25, 0.3) is 11.5 Å². The summed E-state index contributed by atoms with van der Waals surface area (Å²) in [5.74, 6) is 1.28. The van der Waals surface area contributed by atoms with Gasteiger partial charge in [0.1, 0.15) is 6.26 Å². The lowest BCUT2D eigenvalue weighted by Gasteiger charge is -2.30. The summed E-state index contributed by atoms with van der Waals surface area (Å²) in [6.45, 7) is 4.39. The molecule has 1 aromatic heterocycles. The molecule has 0 radical (unpaired) electrons. The standard InChI is InChI=1S/C22H32N6O2.HI/c1-24-22(25-11-5-6-12-28-13-9-17(10-14-28)20(23)29)26-15-19-16-30-21(27-19)18-7-3-2-4-8-18;/h2-4,7-8,16-17H,5-6,9-15H2,1H3,(H2,23,29)(H2,24,25,26);1H. The van der Waals surface area contributed by atoms with Crippen LogP contribution < -0.4 is 16.4 Å². The zero-order valence-corrected chi connectivity index (χ0v) is 20.4. The third kappa shape index (κ3) is 8.13. The first kappa shape index (κ1) is 25.1. The Balaban J connectivity index is 0.00000341. The smallest absolute Gasteiger partial charge is 0.226 e. The Kier molecular flexibility index (Phi) is 10.8. The van der Waals surface area contributed by atoms with Crippen molar-refractivity contribution in [2.75, 3.05) is 33.2 Å². The molecule has 1 saturated heterocycles. The van der Waals surface area contributed by atoms with Gasteiger partial charge in [0.05, 0.1) is 12.2 Å². The number of halogens is 1. The van der Waals surface area contributed by atoms with Gasteiger partial charge in [0.15, 0.2) is 5.96 Å². The number of carbonyl (C=O) groups excluding carboxylic acids is 1. The first-order chi connectivity index (χ1) is 14.7. The molecule has 170 valence electrons. The first-order valence-corrected chi connectivity index (χ1v) is 10.6. The van der Waals surface area contributed by atoms with Crippen LogP contribution in [0.1, 0.15) is 31.4 Å². The molecule has 0 atom stereocenters. The Bertz CT molecular complexity index is 818. The van der Waals surface area contributed by atoms with Gasteiger partial charge in [-0.1, -0.05) is 18.2 Å². The van der Waals surface area contributed by atoms with Gasteiger partial charge in [-0.3, -0.25) is 9.79 Å². The van der Waals surface area contributed by atoms with Crippen molar-refractivity contribution in [3.63, 3.8) is 0 Å². The van der Waals surface area contributed by atoms with Crippen molar-refractivity contribution in [3.8, 4) is 11.5 Å². The molecule has 1 amide bonds.